The van der Waals surface area contributed by atoms with Gasteiger partial charge in [-0.2, -0.15) is 0 Å². The first kappa shape index (κ1) is 19.7. The summed E-state index contributed by atoms with van der Waals surface area (Å²) in [7, 11) is 1.58. The number of hydrogen-bond donors (Lipinski definition) is 0. The second-order valence-electron chi connectivity index (χ2n) is 6.50. The van der Waals surface area contributed by atoms with Crippen LogP contribution in [-0.4, -0.2) is 12.1 Å². The van der Waals surface area contributed by atoms with Crippen molar-refractivity contribution in [2.24, 2.45) is 0 Å². The Morgan fingerprint density at radius 2 is 1.80 bits per heavy atom. The molecule has 3 aromatic carbocycles. The van der Waals surface area contributed by atoms with Gasteiger partial charge >= 0.3 is 5.63 Å². The minimum atomic E-state index is -0.483. The standard InChI is InChI=1S/C24H18ClNO4/c1-28-21-12-11-17(14-22(21)29-15-16-7-3-2-4-8-16)13-19(25)23-26-20-10-6-5-9-18(20)24(27)30-23/h2-14H,15H2,1H3. The Kier molecular flexibility index (Phi) is 5.82. The van der Waals surface area contributed by atoms with E-state index in [1.54, 1.807) is 43.5 Å². The molecule has 0 saturated carbocycles. The predicted octanol–water partition coefficient (Wildman–Crippen LogP) is 5.51. The lowest BCUT2D eigenvalue weighted by molar-refractivity contribution is 0.284. The number of benzene rings is 3. The van der Waals surface area contributed by atoms with Crippen LogP contribution in [-0.2, 0) is 6.61 Å². The van der Waals surface area contributed by atoms with E-state index >= 15 is 0 Å². The van der Waals surface area contributed by atoms with Crippen LogP contribution in [0.4, 0.5) is 0 Å². The fourth-order valence-corrected chi connectivity index (χ4v) is 3.17. The van der Waals surface area contributed by atoms with Crippen LogP contribution in [0.1, 0.15) is 17.0 Å². The van der Waals surface area contributed by atoms with E-state index in [0.29, 0.717) is 29.0 Å². The van der Waals surface area contributed by atoms with Crippen LogP contribution < -0.4 is 15.1 Å². The Bertz CT molecular complexity index is 1270. The summed E-state index contributed by atoms with van der Waals surface area (Å²) in [6.45, 7) is 0.402. The summed E-state index contributed by atoms with van der Waals surface area (Å²) in [4.78, 5) is 16.5. The van der Waals surface area contributed by atoms with E-state index in [9.17, 15) is 4.79 Å². The lowest BCUT2D eigenvalue weighted by Gasteiger charge is -2.11. The molecular weight excluding hydrogens is 402 g/mol. The molecule has 0 atom stereocenters. The van der Waals surface area contributed by atoms with Crippen molar-refractivity contribution >= 4 is 33.6 Å². The summed E-state index contributed by atoms with van der Waals surface area (Å²) < 4.78 is 16.6. The average molecular weight is 420 g/mol. The van der Waals surface area contributed by atoms with Crippen LogP contribution in [0.3, 0.4) is 0 Å². The maximum atomic E-state index is 12.2. The number of methoxy groups -OCH3 is 1. The number of para-hydroxylation sites is 1. The third-order valence-electron chi connectivity index (χ3n) is 4.46. The van der Waals surface area contributed by atoms with Crippen LogP contribution in [0.5, 0.6) is 11.5 Å². The van der Waals surface area contributed by atoms with E-state index in [1.807, 2.05) is 42.5 Å². The smallest absolute Gasteiger partial charge is 0.347 e. The fourth-order valence-electron chi connectivity index (χ4n) is 2.96. The van der Waals surface area contributed by atoms with Gasteiger partial charge in [0.15, 0.2) is 11.5 Å². The molecule has 4 rings (SSSR count). The van der Waals surface area contributed by atoms with Gasteiger partial charge in [-0.15, -0.1) is 0 Å². The van der Waals surface area contributed by atoms with Crippen molar-refractivity contribution in [3.63, 3.8) is 0 Å². The Morgan fingerprint density at radius 1 is 1.03 bits per heavy atom. The fraction of sp³-hybridized carbons (Fsp3) is 0.0833. The summed E-state index contributed by atoms with van der Waals surface area (Å²) in [5.74, 6) is 1.24. The van der Waals surface area contributed by atoms with Crippen LogP contribution in [0.15, 0.2) is 82.0 Å². The highest BCUT2D eigenvalue weighted by molar-refractivity contribution is 6.50. The molecule has 0 aliphatic rings. The number of ether oxygens (including phenoxy) is 2. The monoisotopic (exact) mass is 419 g/mol. The quantitative estimate of drug-likeness (QED) is 0.412. The third-order valence-corrected chi connectivity index (χ3v) is 4.73. The van der Waals surface area contributed by atoms with Crippen molar-refractivity contribution in [2.75, 3.05) is 7.11 Å². The Labute approximate surface area is 178 Å². The highest BCUT2D eigenvalue weighted by atomic mass is 35.5. The van der Waals surface area contributed by atoms with Gasteiger partial charge in [0.05, 0.1) is 18.0 Å². The molecule has 0 aliphatic carbocycles. The number of nitrogens with zero attached hydrogens (tertiary/aromatic N) is 1. The molecule has 30 heavy (non-hydrogen) atoms. The lowest BCUT2D eigenvalue weighted by atomic mass is 10.2. The molecule has 0 unspecified atom stereocenters. The molecule has 0 saturated heterocycles. The molecule has 1 heterocycles. The number of halogens is 1. The first-order chi connectivity index (χ1) is 14.6. The highest BCUT2D eigenvalue weighted by Crippen LogP contribution is 2.31. The summed E-state index contributed by atoms with van der Waals surface area (Å²) in [6, 6.07) is 22.2. The van der Waals surface area contributed by atoms with E-state index in [1.165, 1.54) is 0 Å². The number of fused-ring (bicyclic) bond motifs is 1. The molecule has 6 heteroatoms. The molecule has 0 radical (unpaired) electrons. The largest absolute Gasteiger partial charge is 0.493 e. The second kappa shape index (κ2) is 8.84. The Balaban J connectivity index is 1.63. The van der Waals surface area contributed by atoms with Gasteiger partial charge in [0.1, 0.15) is 11.6 Å². The lowest BCUT2D eigenvalue weighted by Crippen LogP contribution is -2.03. The normalized spacial score (nSPS) is 11.5. The molecule has 0 fully saturated rings. The molecule has 0 spiro atoms. The molecule has 1 aromatic heterocycles. The molecule has 0 N–H and O–H groups in total. The minimum Gasteiger partial charge on any atom is -0.493 e. The van der Waals surface area contributed by atoms with Gasteiger partial charge in [-0.3, -0.25) is 0 Å². The van der Waals surface area contributed by atoms with Gasteiger partial charge in [0.2, 0.25) is 5.89 Å². The SMILES string of the molecule is COc1ccc(C=C(Cl)c2nc3ccccc3c(=O)o2)cc1OCc1ccccc1. The predicted molar refractivity (Wildman–Crippen MR) is 118 cm³/mol. The molecule has 0 amide bonds. The van der Waals surface area contributed by atoms with Gasteiger partial charge in [-0.25, -0.2) is 9.78 Å². The van der Waals surface area contributed by atoms with Crippen LogP contribution in [0.25, 0.3) is 22.0 Å². The van der Waals surface area contributed by atoms with E-state index in [-0.39, 0.29) is 10.9 Å². The molecule has 5 nitrogen and oxygen atoms in total. The van der Waals surface area contributed by atoms with Crippen molar-refractivity contribution in [2.45, 2.75) is 6.61 Å². The summed E-state index contributed by atoms with van der Waals surface area (Å²) in [5, 5.41) is 0.615. The van der Waals surface area contributed by atoms with Gasteiger partial charge in [0, 0.05) is 0 Å². The van der Waals surface area contributed by atoms with Crippen LogP contribution in [0, 0.1) is 0 Å². The zero-order valence-corrected chi connectivity index (χ0v) is 16.9. The maximum Gasteiger partial charge on any atom is 0.347 e. The van der Waals surface area contributed by atoms with Gasteiger partial charge < -0.3 is 13.9 Å². The van der Waals surface area contributed by atoms with Gasteiger partial charge in [0.25, 0.3) is 0 Å². The van der Waals surface area contributed by atoms with Gasteiger partial charge in [-0.1, -0.05) is 60.1 Å². The topological polar surface area (TPSA) is 61.6 Å². The van der Waals surface area contributed by atoms with Crippen molar-refractivity contribution in [3.8, 4) is 11.5 Å². The van der Waals surface area contributed by atoms with E-state index < -0.39 is 5.63 Å². The number of aromatic nitrogens is 1. The Hall–Kier alpha value is -3.57. The molecule has 0 bridgehead atoms. The molecule has 4 aromatic rings. The first-order valence-corrected chi connectivity index (χ1v) is 9.64. The van der Waals surface area contributed by atoms with E-state index in [2.05, 4.69) is 4.98 Å². The first-order valence-electron chi connectivity index (χ1n) is 9.26. The van der Waals surface area contributed by atoms with E-state index in [4.69, 9.17) is 25.5 Å². The molecule has 0 aliphatic heterocycles. The van der Waals surface area contributed by atoms with Crippen LogP contribution >= 0.6 is 11.6 Å². The highest BCUT2D eigenvalue weighted by Gasteiger charge is 2.11. The van der Waals surface area contributed by atoms with Crippen molar-refractivity contribution in [3.05, 3.63) is 100 Å². The number of hydrogen-bond acceptors (Lipinski definition) is 5. The second-order valence-corrected chi connectivity index (χ2v) is 6.91. The summed E-state index contributed by atoms with van der Waals surface area (Å²) >= 11 is 6.41. The van der Waals surface area contributed by atoms with Crippen molar-refractivity contribution < 1.29 is 13.9 Å². The van der Waals surface area contributed by atoms with Gasteiger partial charge in [-0.05, 0) is 41.5 Å². The van der Waals surface area contributed by atoms with E-state index in [0.717, 1.165) is 11.1 Å². The number of rotatable bonds is 6. The Morgan fingerprint density at radius 3 is 2.60 bits per heavy atom. The summed E-state index contributed by atoms with van der Waals surface area (Å²) in [5.41, 5.74) is 1.84. The molecular formula is C24H18ClNO4. The maximum absolute atomic E-state index is 12.2. The summed E-state index contributed by atoms with van der Waals surface area (Å²) in [6.07, 6.45) is 1.66. The third kappa shape index (κ3) is 4.36. The zero-order chi connectivity index (χ0) is 20.9. The molecule has 150 valence electrons. The minimum absolute atomic E-state index is 0.0583. The van der Waals surface area contributed by atoms with Crippen LogP contribution in [0.2, 0.25) is 0 Å². The zero-order valence-electron chi connectivity index (χ0n) is 16.2. The van der Waals surface area contributed by atoms with Crippen molar-refractivity contribution in [1.82, 2.24) is 4.98 Å². The van der Waals surface area contributed by atoms with Crippen molar-refractivity contribution in [1.29, 1.82) is 0 Å². The average Bonchev–Trinajstić information content (AvgIpc) is 2.78.